The highest BCUT2D eigenvalue weighted by molar-refractivity contribution is 5.77. The second-order valence-corrected chi connectivity index (χ2v) is 5.86. The number of nitrogens with one attached hydrogen (secondary N) is 1. The topological polar surface area (TPSA) is 93.1 Å². The van der Waals surface area contributed by atoms with E-state index in [9.17, 15) is 9.59 Å². The number of fused-ring (bicyclic) bond motifs is 1. The Morgan fingerprint density at radius 1 is 1.31 bits per heavy atom. The van der Waals surface area contributed by atoms with E-state index in [0.29, 0.717) is 42.8 Å². The van der Waals surface area contributed by atoms with E-state index in [1.165, 1.54) is 0 Å². The van der Waals surface area contributed by atoms with Gasteiger partial charge >= 0.3 is 0 Å². The van der Waals surface area contributed by atoms with Gasteiger partial charge in [-0.25, -0.2) is 4.98 Å². The molecule has 0 fully saturated rings. The summed E-state index contributed by atoms with van der Waals surface area (Å²) in [4.78, 5) is 33.7. The van der Waals surface area contributed by atoms with Gasteiger partial charge in [-0.15, -0.1) is 0 Å². The molecule has 0 bridgehead atoms. The second-order valence-electron chi connectivity index (χ2n) is 5.86. The maximum atomic E-state index is 12.6. The SMILES string of the molecule is COCCN(Cc1nc2ccccc2c(=O)[nH]1)C(=O)CCn1cccn1. The molecule has 26 heavy (non-hydrogen) atoms. The normalized spacial score (nSPS) is 11.0. The number of nitrogens with zero attached hydrogens (tertiary/aromatic N) is 4. The van der Waals surface area contributed by atoms with E-state index < -0.39 is 0 Å². The minimum absolute atomic E-state index is 0.0478. The van der Waals surface area contributed by atoms with Crippen molar-refractivity contribution in [2.24, 2.45) is 0 Å². The van der Waals surface area contributed by atoms with Crippen molar-refractivity contribution < 1.29 is 9.53 Å². The Hall–Kier alpha value is -3.00. The molecule has 0 radical (unpaired) electrons. The molecule has 0 aliphatic rings. The molecule has 0 saturated heterocycles. The van der Waals surface area contributed by atoms with E-state index >= 15 is 0 Å². The first-order valence-electron chi connectivity index (χ1n) is 8.39. The quantitative estimate of drug-likeness (QED) is 0.655. The lowest BCUT2D eigenvalue weighted by Crippen LogP contribution is -2.35. The molecule has 0 spiro atoms. The van der Waals surface area contributed by atoms with Crippen LogP contribution in [-0.4, -0.2) is 50.8 Å². The molecule has 0 saturated carbocycles. The lowest BCUT2D eigenvalue weighted by Gasteiger charge is -2.22. The van der Waals surface area contributed by atoms with Gasteiger partial charge in [0.2, 0.25) is 5.91 Å². The molecule has 1 amide bonds. The van der Waals surface area contributed by atoms with Crippen molar-refractivity contribution in [2.75, 3.05) is 20.3 Å². The number of carbonyl (C=O) groups is 1. The molecule has 0 aliphatic heterocycles. The number of amides is 1. The summed E-state index contributed by atoms with van der Waals surface area (Å²) in [5.41, 5.74) is 0.406. The van der Waals surface area contributed by atoms with Crippen LogP contribution in [0.3, 0.4) is 0 Å². The lowest BCUT2D eigenvalue weighted by atomic mass is 10.2. The van der Waals surface area contributed by atoms with Gasteiger partial charge in [-0.05, 0) is 18.2 Å². The van der Waals surface area contributed by atoms with E-state index in [0.717, 1.165) is 0 Å². The maximum Gasteiger partial charge on any atom is 0.258 e. The van der Waals surface area contributed by atoms with Crippen LogP contribution in [0.1, 0.15) is 12.2 Å². The lowest BCUT2D eigenvalue weighted by molar-refractivity contribution is -0.132. The Morgan fingerprint density at radius 2 is 2.15 bits per heavy atom. The molecule has 3 rings (SSSR count). The third-order valence-electron chi connectivity index (χ3n) is 4.03. The number of hydrogen-bond donors (Lipinski definition) is 1. The predicted octanol–water partition coefficient (Wildman–Crippen LogP) is 1.18. The number of para-hydroxylation sites is 1. The van der Waals surface area contributed by atoms with Crippen molar-refractivity contribution in [3.05, 3.63) is 58.9 Å². The zero-order valence-electron chi connectivity index (χ0n) is 14.6. The summed E-state index contributed by atoms with van der Waals surface area (Å²) < 4.78 is 6.81. The molecule has 0 atom stereocenters. The summed E-state index contributed by atoms with van der Waals surface area (Å²) in [6.07, 6.45) is 3.80. The Bertz CT molecular complexity index is 920. The number of carbonyl (C=O) groups excluding carboxylic acids is 1. The summed E-state index contributed by atoms with van der Waals surface area (Å²) in [6, 6.07) is 8.95. The molecule has 1 N–H and O–H groups in total. The number of aryl methyl sites for hydroxylation is 1. The summed E-state index contributed by atoms with van der Waals surface area (Å²) in [7, 11) is 1.59. The van der Waals surface area contributed by atoms with Crippen LogP contribution < -0.4 is 5.56 Å². The van der Waals surface area contributed by atoms with Crippen molar-refractivity contribution in [2.45, 2.75) is 19.5 Å². The fourth-order valence-electron chi connectivity index (χ4n) is 2.68. The van der Waals surface area contributed by atoms with Gasteiger partial charge in [0.1, 0.15) is 5.82 Å². The number of rotatable bonds is 8. The molecule has 0 aliphatic carbocycles. The third kappa shape index (κ3) is 4.34. The smallest absolute Gasteiger partial charge is 0.258 e. The van der Waals surface area contributed by atoms with Gasteiger partial charge < -0.3 is 14.6 Å². The fourth-order valence-corrected chi connectivity index (χ4v) is 2.68. The first-order valence-corrected chi connectivity index (χ1v) is 8.39. The van der Waals surface area contributed by atoms with Crippen LogP contribution in [0.4, 0.5) is 0 Å². The van der Waals surface area contributed by atoms with Gasteiger partial charge in [-0.3, -0.25) is 14.3 Å². The number of ether oxygens (including phenoxy) is 1. The standard InChI is InChI=1S/C18H21N5O3/c1-26-12-11-22(17(24)7-10-23-9-4-8-19-23)13-16-20-15-6-3-2-5-14(15)18(25)21-16/h2-6,8-9H,7,10-13H2,1H3,(H,20,21,25). The van der Waals surface area contributed by atoms with E-state index in [2.05, 4.69) is 15.1 Å². The van der Waals surface area contributed by atoms with Crippen LogP contribution in [0, 0.1) is 0 Å². The van der Waals surface area contributed by atoms with Gasteiger partial charge in [-0.1, -0.05) is 12.1 Å². The molecule has 3 aromatic rings. The Morgan fingerprint density at radius 3 is 2.92 bits per heavy atom. The molecule has 2 heterocycles. The van der Waals surface area contributed by atoms with E-state index in [1.54, 1.807) is 41.1 Å². The molecule has 136 valence electrons. The summed E-state index contributed by atoms with van der Waals surface area (Å²) in [6.45, 7) is 1.55. The highest BCUT2D eigenvalue weighted by Gasteiger charge is 2.16. The first-order chi connectivity index (χ1) is 12.7. The van der Waals surface area contributed by atoms with Crippen molar-refractivity contribution in [1.82, 2.24) is 24.6 Å². The van der Waals surface area contributed by atoms with Crippen LogP contribution in [0.5, 0.6) is 0 Å². The molecular formula is C18H21N5O3. The minimum atomic E-state index is -0.207. The van der Waals surface area contributed by atoms with Gasteiger partial charge in [0.15, 0.2) is 0 Å². The summed E-state index contributed by atoms with van der Waals surface area (Å²) in [5.74, 6) is 0.408. The largest absolute Gasteiger partial charge is 0.383 e. The first kappa shape index (κ1) is 17.8. The van der Waals surface area contributed by atoms with Crippen molar-refractivity contribution >= 4 is 16.8 Å². The van der Waals surface area contributed by atoms with E-state index in [4.69, 9.17) is 4.74 Å². The average Bonchev–Trinajstić information content (AvgIpc) is 3.17. The predicted molar refractivity (Wildman–Crippen MR) is 96.5 cm³/mol. The molecule has 0 unspecified atom stereocenters. The number of methoxy groups -OCH3 is 1. The van der Waals surface area contributed by atoms with Gasteiger partial charge in [0, 0.05) is 39.0 Å². The Labute approximate surface area is 150 Å². The van der Waals surface area contributed by atoms with Crippen molar-refractivity contribution in [3.8, 4) is 0 Å². The van der Waals surface area contributed by atoms with Crippen molar-refractivity contribution in [1.29, 1.82) is 0 Å². The average molecular weight is 355 g/mol. The highest BCUT2D eigenvalue weighted by atomic mass is 16.5. The van der Waals surface area contributed by atoms with E-state index in [1.807, 2.05) is 18.3 Å². The van der Waals surface area contributed by atoms with Crippen LogP contribution >= 0.6 is 0 Å². The number of benzene rings is 1. The minimum Gasteiger partial charge on any atom is -0.383 e. The molecular weight excluding hydrogens is 334 g/mol. The Kier molecular flexibility index (Phi) is 5.75. The van der Waals surface area contributed by atoms with E-state index in [-0.39, 0.29) is 18.0 Å². The summed E-state index contributed by atoms with van der Waals surface area (Å²) in [5, 5.41) is 4.63. The van der Waals surface area contributed by atoms with Crippen LogP contribution in [0.25, 0.3) is 10.9 Å². The Balaban J connectivity index is 1.75. The highest BCUT2D eigenvalue weighted by Crippen LogP contribution is 2.08. The van der Waals surface area contributed by atoms with Crippen LogP contribution in [0.2, 0.25) is 0 Å². The van der Waals surface area contributed by atoms with Crippen LogP contribution in [-0.2, 0) is 22.6 Å². The maximum absolute atomic E-state index is 12.6. The zero-order chi connectivity index (χ0) is 18.4. The van der Waals surface area contributed by atoms with Gasteiger partial charge in [0.05, 0.1) is 24.1 Å². The zero-order valence-corrected chi connectivity index (χ0v) is 14.6. The number of aromatic amines is 1. The molecule has 1 aromatic carbocycles. The third-order valence-corrected chi connectivity index (χ3v) is 4.03. The van der Waals surface area contributed by atoms with Gasteiger partial charge in [-0.2, -0.15) is 5.10 Å². The molecule has 2 aromatic heterocycles. The van der Waals surface area contributed by atoms with Crippen molar-refractivity contribution in [3.63, 3.8) is 0 Å². The van der Waals surface area contributed by atoms with Crippen LogP contribution in [0.15, 0.2) is 47.5 Å². The fraction of sp³-hybridized carbons (Fsp3) is 0.333. The monoisotopic (exact) mass is 355 g/mol. The number of aromatic nitrogens is 4. The van der Waals surface area contributed by atoms with Gasteiger partial charge in [0.25, 0.3) is 5.56 Å². The molecule has 8 heteroatoms. The summed E-state index contributed by atoms with van der Waals surface area (Å²) >= 11 is 0. The number of H-pyrrole nitrogens is 1. The second kappa shape index (κ2) is 8.39. The number of hydrogen-bond acceptors (Lipinski definition) is 5. The molecule has 8 nitrogen and oxygen atoms in total.